The first-order chi connectivity index (χ1) is 8.74. The number of nitrogens with zero attached hydrogens (tertiary/aromatic N) is 3. The molecule has 0 spiro atoms. The number of para-hydroxylation sites is 1. The van der Waals surface area contributed by atoms with Crippen LogP contribution in [0.15, 0.2) is 30.6 Å². The molecule has 0 radical (unpaired) electrons. The largest absolute Gasteiger partial charge is 0.492 e. The molecule has 0 unspecified atom stereocenters. The second kappa shape index (κ2) is 4.15. The number of nitrogens with one attached hydrogen (secondary N) is 2. The summed E-state index contributed by atoms with van der Waals surface area (Å²) in [5, 5.41) is 13.2. The Hall–Kier alpha value is -2.34. The van der Waals surface area contributed by atoms with Crippen molar-refractivity contribution >= 4 is 34.4 Å². The van der Waals surface area contributed by atoms with Crippen molar-refractivity contribution in [3.05, 3.63) is 35.6 Å². The van der Waals surface area contributed by atoms with Crippen molar-refractivity contribution in [2.24, 2.45) is 0 Å². The number of rotatable bonds is 2. The maximum absolute atomic E-state index is 9.68. The molecule has 3 N–H and O–H groups in total. The van der Waals surface area contributed by atoms with Crippen LogP contribution in [0.2, 0.25) is 5.02 Å². The van der Waals surface area contributed by atoms with E-state index < -0.39 is 0 Å². The van der Waals surface area contributed by atoms with E-state index in [1.54, 1.807) is 12.1 Å². The van der Waals surface area contributed by atoms with Gasteiger partial charge in [-0.25, -0.2) is 4.98 Å². The van der Waals surface area contributed by atoms with Crippen molar-refractivity contribution in [3.8, 4) is 5.88 Å². The second-order valence-electron chi connectivity index (χ2n) is 3.58. The van der Waals surface area contributed by atoms with Crippen LogP contribution in [-0.2, 0) is 0 Å². The van der Waals surface area contributed by atoms with Crippen LogP contribution >= 0.6 is 11.6 Å². The van der Waals surface area contributed by atoms with Gasteiger partial charge in [-0.2, -0.15) is 9.97 Å². The molecule has 0 bridgehead atoms. The van der Waals surface area contributed by atoms with Gasteiger partial charge in [0.25, 0.3) is 0 Å². The van der Waals surface area contributed by atoms with Crippen molar-refractivity contribution in [1.82, 2.24) is 19.9 Å². The summed E-state index contributed by atoms with van der Waals surface area (Å²) in [4.78, 5) is 14.8. The van der Waals surface area contributed by atoms with E-state index in [0.29, 0.717) is 21.9 Å². The molecule has 3 rings (SSSR count). The summed E-state index contributed by atoms with van der Waals surface area (Å²) < 4.78 is 0. The number of halogens is 1. The van der Waals surface area contributed by atoms with E-state index in [0.717, 1.165) is 0 Å². The topological polar surface area (TPSA) is 86.7 Å². The highest BCUT2D eigenvalue weighted by Crippen LogP contribution is 2.25. The fourth-order valence-electron chi connectivity index (χ4n) is 1.56. The average molecular weight is 262 g/mol. The number of H-pyrrole nitrogens is 1. The minimum absolute atomic E-state index is 0.184. The van der Waals surface area contributed by atoms with Crippen LogP contribution in [0.3, 0.4) is 0 Å². The van der Waals surface area contributed by atoms with Gasteiger partial charge in [-0.3, -0.25) is 0 Å². The number of hydrogen-bond donors (Lipinski definition) is 3. The van der Waals surface area contributed by atoms with E-state index in [1.807, 2.05) is 12.1 Å². The van der Waals surface area contributed by atoms with Crippen molar-refractivity contribution < 1.29 is 5.11 Å². The Morgan fingerprint density at radius 3 is 2.89 bits per heavy atom. The normalized spacial score (nSPS) is 10.7. The Balaban J connectivity index is 2.02. The van der Waals surface area contributed by atoms with Crippen LogP contribution in [0.4, 0.5) is 11.6 Å². The summed E-state index contributed by atoms with van der Waals surface area (Å²) >= 11 is 6.01. The number of aromatic hydroxyl groups is 1. The van der Waals surface area contributed by atoms with Crippen LogP contribution in [0.5, 0.6) is 5.88 Å². The highest BCUT2D eigenvalue weighted by molar-refractivity contribution is 6.33. The van der Waals surface area contributed by atoms with E-state index in [-0.39, 0.29) is 11.8 Å². The summed E-state index contributed by atoms with van der Waals surface area (Å²) in [6.07, 6.45) is 1.44. The molecule has 1 aromatic carbocycles. The zero-order chi connectivity index (χ0) is 12.5. The molecule has 0 aliphatic heterocycles. The number of hydrogen-bond acceptors (Lipinski definition) is 5. The van der Waals surface area contributed by atoms with Gasteiger partial charge in [0.2, 0.25) is 11.8 Å². The van der Waals surface area contributed by atoms with E-state index in [1.165, 1.54) is 6.33 Å². The Morgan fingerprint density at radius 1 is 1.22 bits per heavy atom. The lowest BCUT2D eigenvalue weighted by molar-refractivity contribution is 0.459. The van der Waals surface area contributed by atoms with E-state index in [2.05, 4.69) is 25.3 Å². The van der Waals surface area contributed by atoms with Gasteiger partial charge in [-0.1, -0.05) is 23.7 Å². The van der Waals surface area contributed by atoms with Gasteiger partial charge in [0, 0.05) is 0 Å². The minimum atomic E-state index is -0.184. The number of imidazole rings is 1. The highest BCUT2D eigenvalue weighted by atomic mass is 35.5. The van der Waals surface area contributed by atoms with Crippen molar-refractivity contribution in [3.63, 3.8) is 0 Å². The molecule has 2 heterocycles. The molecule has 7 heteroatoms. The van der Waals surface area contributed by atoms with Gasteiger partial charge in [0.05, 0.1) is 17.0 Å². The lowest BCUT2D eigenvalue weighted by Crippen LogP contribution is -1.98. The molecule has 90 valence electrons. The number of anilines is 2. The third-order valence-corrected chi connectivity index (χ3v) is 2.71. The van der Waals surface area contributed by atoms with E-state index >= 15 is 0 Å². The molecule has 6 nitrogen and oxygen atoms in total. The van der Waals surface area contributed by atoms with Gasteiger partial charge in [0.1, 0.15) is 0 Å². The molecular formula is C11H8ClN5O. The standard InChI is InChI=1S/C11H8ClN5O/c12-6-3-1-2-4-7(6)15-11-16-9-8(10(18)17-11)13-5-14-9/h1-5H,(H3,13,14,15,16,17,18). The number of aromatic nitrogens is 4. The summed E-state index contributed by atoms with van der Waals surface area (Å²) in [5.41, 5.74) is 1.45. The quantitative estimate of drug-likeness (QED) is 0.660. The lowest BCUT2D eigenvalue weighted by atomic mass is 10.3. The van der Waals surface area contributed by atoms with Gasteiger partial charge in [-0.05, 0) is 12.1 Å². The van der Waals surface area contributed by atoms with Gasteiger partial charge >= 0.3 is 0 Å². The van der Waals surface area contributed by atoms with Crippen LogP contribution in [-0.4, -0.2) is 25.0 Å². The summed E-state index contributed by atoms with van der Waals surface area (Å²) in [5.74, 6) is 0.0631. The van der Waals surface area contributed by atoms with E-state index in [9.17, 15) is 5.11 Å². The molecule has 3 aromatic rings. The predicted octanol–water partition coefficient (Wildman–Crippen LogP) is 2.46. The van der Waals surface area contributed by atoms with Crippen LogP contribution < -0.4 is 5.32 Å². The Kier molecular flexibility index (Phi) is 2.49. The SMILES string of the molecule is Oc1nc(Nc2ccccc2Cl)nc2[nH]cnc12. The highest BCUT2D eigenvalue weighted by Gasteiger charge is 2.09. The summed E-state index contributed by atoms with van der Waals surface area (Å²) in [7, 11) is 0. The fourth-order valence-corrected chi connectivity index (χ4v) is 1.74. The van der Waals surface area contributed by atoms with Gasteiger partial charge < -0.3 is 15.4 Å². The zero-order valence-corrected chi connectivity index (χ0v) is 9.81. The van der Waals surface area contributed by atoms with Crippen molar-refractivity contribution in [2.75, 3.05) is 5.32 Å². The number of fused-ring (bicyclic) bond motifs is 1. The maximum Gasteiger partial charge on any atom is 0.244 e. The van der Waals surface area contributed by atoms with Crippen molar-refractivity contribution in [1.29, 1.82) is 0 Å². The van der Waals surface area contributed by atoms with Gasteiger partial charge in [-0.15, -0.1) is 0 Å². The van der Waals surface area contributed by atoms with Crippen molar-refractivity contribution in [2.45, 2.75) is 0 Å². The second-order valence-corrected chi connectivity index (χ2v) is 3.98. The molecule has 0 saturated carbocycles. The molecule has 0 atom stereocenters. The molecule has 18 heavy (non-hydrogen) atoms. The minimum Gasteiger partial charge on any atom is -0.492 e. The zero-order valence-electron chi connectivity index (χ0n) is 9.05. The summed E-state index contributed by atoms with van der Waals surface area (Å²) in [6.45, 7) is 0. The van der Waals surface area contributed by atoms with Gasteiger partial charge in [0.15, 0.2) is 11.2 Å². The van der Waals surface area contributed by atoms with Crippen LogP contribution in [0.1, 0.15) is 0 Å². The van der Waals surface area contributed by atoms with Crippen LogP contribution in [0.25, 0.3) is 11.2 Å². The first-order valence-electron chi connectivity index (χ1n) is 5.15. The lowest BCUT2D eigenvalue weighted by Gasteiger charge is -2.06. The third-order valence-electron chi connectivity index (χ3n) is 2.38. The predicted molar refractivity (Wildman–Crippen MR) is 68.1 cm³/mol. The third kappa shape index (κ3) is 1.82. The Bertz CT molecular complexity index is 711. The molecule has 0 fully saturated rings. The smallest absolute Gasteiger partial charge is 0.244 e. The molecule has 0 saturated heterocycles. The first-order valence-corrected chi connectivity index (χ1v) is 5.53. The van der Waals surface area contributed by atoms with E-state index in [4.69, 9.17) is 11.6 Å². The number of aromatic amines is 1. The Labute approximate surface area is 107 Å². The number of benzene rings is 1. The maximum atomic E-state index is 9.68. The summed E-state index contributed by atoms with van der Waals surface area (Å²) in [6, 6.07) is 7.20. The fraction of sp³-hybridized carbons (Fsp3) is 0. The average Bonchev–Trinajstić information content (AvgIpc) is 2.81. The monoisotopic (exact) mass is 261 g/mol. The first kappa shape index (κ1) is 10.8. The Morgan fingerprint density at radius 2 is 2.06 bits per heavy atom. The molecule has 0 amide bonds. The molecule has 0 aliphatic carbocycles. The molecule has 0 aliphatic rings. The van der Waals surface area contributed by atoms with Crippen LogP contribution in [0, 0.1) is 0 Å². The molecule has 2 aromatic heterocycles. The molecular weight excluding hydrogens is 254 g/mol.